The van der Waals surface area contributed by atoms with E-state index in [1.165, 1.54) is 11.1 Å². The van der Waals surface area contributed by atoms with E-state index in [2.05, 4.69) is 0 Å². The lowest BCUT2D eigenvalue weighted by Gasteiger charge is -2.08. The van der Waals surface area contributed by atoms with Crippen molar-refractivity contribution in [3.8, 4) is 5.75 Å². The van der Waals surface area contributed by atoms with Crippen LogP contribution in [-0.2, 0) is 12.2 Å². The number of halogens is 2. The second kappa shape index (κ2) is 6.04. The van der Waals surface area contributed by atoms with Gasteiger partial charge in [-0.15, -0.1) is 11.6 Å². The van der Waals surface area contributed by atoms with Crippen molar-refractivity contribution in [1.29, 1.82) is 0 Å². The number of hydrogen-bond acceptors (Lipinski definition) is 2. The highest BCUT2D eigenvalue weighted by molar-refractivity contribution is 7.98. The molecule has 1 aliphatic heterocycles. The minimum Gasteiger partial charge on any atom is -0.493 e. The van der Waals surface area contributed by atoms with Crippen molar-refractivity contribution < 1.29 is 4.74 Å². The predicted octanol–water partition coefficient (Wildman–Crippen LogP) is 4.14. The van der Waals surface area contributed by atoms with Gasteiger partial charge >= 0.3 is 0 Å². The van der Waals surface area contributed by atoms with Crippen molar-refractivity contribution >= 4 is 35.0 Å². The SMILES string of the molecule is ClCCCSCc1cc(Cl)cc2c1OCC2. The van der Waals surface area contributed by atoms with Gasteiger partial charge in [0.05, 0.1) is 6.61 Å². The lowest BCUT2D eigenvalue weighted by atomic mass is 10.1. The maximum absolute atomic E-state index is 6.08. The van der Waals surface area contributed by atoms with E-state index in [0.717, 1.165) is 47.6 Å². The number of hydrogen-bond donors (Lipinski definition) is 0. The Morgan fingerprint density at radius 3 is 3.06 bits per heavy atom. The Bertz CT molecular complexity index is 368. The van der Waals surface area contributed by atoms with E-state index in [4.69, 9.17) is 27.9 Å². The molecular formula is C12H14Cl2OS. The summed E-state index contributed by atoms with van der Waals surface area (Å²) >= 11 is 13.6. The third-order valence-electron chi connectivity index (χ3n) is 2.51. The third-order valence-corrected chi connectivity index (χ3v) is 4.08. The molecule has 0 radical (unpaired) electrons. The van der Waals surface area contributed by atoms with Gasteiger partial charge in [0, 0.05) is 28.6 Å². The van der Waals surface area contributed by atoms with Crippen LogP contribution in [0.5, 0.6) is 5.75 Å². The summed E-state index contributed by atoms with van der Waals surface area (Å²) in [7, 11) is 0. The smallest absolute Gasteiger partial charge is 0.126 e. The minimum atomic E-state index is 0.733. The number of ether oxygens (including phenoxy) is 1. The van der Waals surface area contributed by atoms with Crippen molar-refractivity contribution in [1.82, 2.24) is 0 Å². The van der Waals surface area contributed by atoms with Crippen LogP contribution in [0.1, 0.15) is 17.5 Å². The van der Waals surface area contributed by atoms with Crippen LogP contribution in [0.3, 0.4) is 0 Å². The summed E-state index contributed by atoms with van der Waals surface area (Å²) in [5, 5.41) is 0.817. The summed E-state index contributed by atoms with van der Waals surface area (Å²) in [5.41, 5.74) is 2.47. The number of rotatable bonds is 5. The van der Waals surface area contributed by atoms with Gasteiger partial charge in [0.2, 0.25) is 0 Å². The Labute approximate surface area is 110 Å². The van der Waals surface area contributed by atoms with Gasteiger partial charge in [-0.25, -0.2) is 0 Å². The van der Waals surface area contributed by atoms with Crippen LogP contribution >= 0.6 is 35.0 Å². The molecule has 0 bridgehead atoms. The van der Waals surface area contributed by atoms with Crippen molar-refractivity contribution in [2.45, 2.75) is 18.6 Å². The monoisotopic (exact) mass is 276 g/mol. The van der Waals surface area contributed by atoms with Gasteiger partial charge < -0.3 is 4.74 Å². The van der Waals surface area contributed by atoms with E-state index in [9.17, 15) is 0 Å². The van der Waals surface area contributed by atoms with Crippen molar-refractivity contribution in [2.24, 2.45) is 0 Å². The predicted molar refractivity (Wildman–Crippen MR) is 72.2 cm³/mol. The van der Waals surface area contributed by atoms with Crippen LogP contribution in [-0.4, -0.2) is 18.2 Å². The van der Waals surface area contributed by atoms with Gasteiger partial charge in [-0.3, -0.25) is 0 Å². The zero-order valence-electron chi connectivity index (χ0n) is 8.97. The highest BCUT2D eigenvalue weighted by Crippen LogP contribution is 2.34. The maximum atomic E-state index is 6.08. The molecule has 0 aliphatic carbocycles. The van der Waals surface area contributed by atoms with E-state index in [1.54, 1.807) is 0 Å². The van der Waals surface area contributed by atoms with Gasteiger partial charge in [-0.1, -0.05) is 11.6 Å². The molecule has 0 unspecified atom stereocenters. The highest BCUT2D eigenvalue weighted by Gasteiger charge is 2.17. The molecule has 0 N–H and O–H groups in total. The average Bonchev–Trinajstić information content (AvgIpc) is 2.72. The molecule has 1 aromatic carbocycles. The quantitative estimate of drug-likeness (QED) is 0.591. The zero-order chi connectivity index (χ0) is 11.4. The fourth-order valence-electron chi connectivity index (χ4n) is 1.79. The highest BCUT2D eigenvalue weighted by atomic mass is 35.5. The van der Waals surface area contributed by atoms with Crippen molar-refractivity contribution in [3.05, 3.63) is 28.3 Å². The zero-order valence-corrected chi connectivity index (χ0v) is 11.3. The van der Waals surface area contributed by atoms with E-state index < -0.39 is 0 Å². The van der Waals surface area contributed by atoms with Gasteiger partial charge in [0.25, 0.3) is 0 Å². The second-order valence-corrected chi connectivity index (χ2v) is 5.67. The van der Waals surface area contributed by atoms with E-state index >= 15 is 0 Å². The van der Waals surface area contributed by atoms with E-state index in [1.807, 2.05) is 23.9 Å². The van der Waals surface area contributed by atoms with Gasteiger partial charge in [-0.05, 0) is 29.9 Å². The van der Waals surface area contributed by atoms with Gasteiger partial charge in [-0.2, -0.15) is 11.8 Å². The number of fused-ring (bicyclic) bond motifs is 1. The largest absolute Gasteiger partial charge is 0.493 e. The first-order chi connectivity index (χ1) is 7.81. The molecule has 1 aliphatic rings. The molecule has 4 heteroatoms. The number of thioether (sulfide) groups is 1. The number of benzene rings is 1. The fourth-order valence-corrected chi connectivity index (χ4v) is 3.27. The molecule has 0 amide bonds. The minimum absolute atomic E-state index is 0.733. The Balaban J connectivity index is 2.03. The first-order valence-electron chi connectivity index (χ1n) is 5.39. The molecule has 88 valence electrons. The molecule has 1 aromatic rings. The maximum Gasteiger partial charge on any atom is 0.126 e. The Morgan fingerprint density at radius 2 is 2.25 bits per heavy atom. The summed E-state index contributed by atoms with van der Waals surface area (Å²) in [4.78, 5) is 0. The molecule has 16 heavy (non-hydrogen) atoms. The Morgan fingerprint density at radius 1 is 1.38 bits per heavy atom. The summed E-state index contributed by atoms with van der Waals surface area (Å²) in [6.45, 7) is 0.787. The van der Waals surface area contributed by atoms with E-state index in [-0.39, 0.29) is 0 Å². The standard InChI is InChI=1S/C12H14Cl2OS/c13-3-1-5-16-8-10-7-11(14)6-9-2-4-15-12(9)10/h6-7H,1-5,8H2. The summed E-state index contributed by atoms with van der Waals surface area (Å²) in [5.74, 6) is 3.84. The molecule has 0 aromatic heterocycles. The van der Waals surface area contributed by atoms with Crippen LogP contribution in [0.25, 0.3) is 0 Å². The molecule has 0 saturated carbocycles. The first kappa shape index (κ1) is 12.4. The van der Waals surface area contributed by atoms with Crippen LogP contribution in [0.2, 0.25) is 5.02 Å². The van der Waals surface area contributed by atoms with Crippen molar-refractivity contribution in [3.63, 3.8) is 0 Å². The van der Waals surface area contributed by atoms with Crippen LogP contribution < -0.4 is 4.74 Å². The summed E-state index contributed by atoms with van der Waals surface area (Å²) < 4.78 is 5.64. The molecular weight excluding hydrogens is 263 g/mol. The third kappa shape index (κ3) is 2.99. The average molecular weight is 277 g/mol. The molecule has 1 heterocycles. The molecule has 0 spiro atoms. The van der Waals surface area contributed by atoms with Gasteiger partial charge in [0.15, 0.2) is 0 Å². The second-order valence-electron chi connectivity index (χ2n) is 3.75. The van der Waals surface area contributed by atoms with Crippen LogP contribution in [0.15, 0.2) is 12.1 Å². The normalized spacial score (nSPS) is 13.6. The van der Waals surface area contributed by atoms with Crippen molar-refractivity contribution in [2.75, 3.05) is 18.2 Å². The van der Waals surface area contributed by atoms with Crippen LogP contribution in [0.4, 0.5) is 0 Å². The summed E-state index contributed by atoms with van der Waals surface area (Å²) in [6.07, 6.45) is 2.03. The lowest BCUT2D eigenvalue weighted by molar-refractivity contribution is 0.354. The topological polar surface area (TPSA) is 9.23 Å². The Hall–Kier alpha value is -0.0500. The molecule has 0 saturated heterocycles. The molecule has 0 fully saturated rings. The van der Waals surface area contributed by atoms with Gasteiger partial charge in [0.1, 0.15) is 5.75 Å². The first-order valence-corrected chi connectivity index (χ1v) is 7.46. The molecule has 1 nitrogen and oxygen atoms in total. The summed E-state index contributed by atoms with van der Waals surface area (Å²) in [6, 6.07) is 4.02. The van der Waals surface area contributed by atoms with Crippen LogP contribution in [0, 0.1) is 0 Å². The molecule has 0 atom stereocenters. The fraction of sp³-hybridized carbons (Fsp3) is 0.500. The Kier molecular flexibility index (Phi) is 4.68. The molecule has 2 rings (SSSR count). The van der Waals surface area contributed by atoms with E-state index in [0.29, 0.717) is 0 Å². The number of alkyl halides is 1. The lowest BCUT2D eigenvalue weighted by Crippen LogP contribution is -1.91.